The molecule has 0 aliphatic heterocycles. The summed E-state index contributed by atoms with van der Waals surface area (Å²) in [5, 5.41) is 2.78. The largest absolute Gasteiger partial charge is 0.463 e. The molecule has 0 aromatic heterocycles. The standard InChI is InChI=1S/C16H29NO6/c1-4-9-17-14(18)8-7-10-21-13(11-22-15(19)5-2)12-23-16(20)6-3/h13H,4-12H2,1-3H3,(H,17,18). The lowest BCUT2D eigenvalue weighted by Crippen LogP contribution is -2.29. The molecule has 0 saturated heterocycles. The molecule has 0 rings (SSSR count). The van der Waals surface area contributed by atoms with E-state index in [2.05, 4.69) is 5.32 Å². The average Bonchev–Trinajstić information content (AvgIpc) is 2.57. The normalized spacial score (nSPS) is 10.4. The molecule has 0 saturated carbocycles. The Kier molecular flexibility index (Phi) is 13.0. The highest BCUT2D eigenvalue weighted by atomic mass is 16.6. The number of rotatable bonds is 13. The molecule has 0 aromatic carbocycles. The molecular weight excluding hydrogens is 302 g/mol. The number of ether oxygens (including phenoxy) is 3. The third-order valence-corrected chi connectivity index (χ3v) is 2.91. The lowest BCUT2D eigenvalue weighted by molar-refractivity contribution is -0.154. The van der Waals surface area contributed by atoms with Gasteiger partial charge in [0.1, 0.15) is 19.3 Å². The van der Waals surface area contributed by atoms with Crippen molar-refractivity contribution in [3.05, 3.63) is 0 Å². The number of carbonyl (C=O) groups is 3. The zero-order valence-corrected chi connectivity index (χ0v) is 14.4. The van der Waals surface area contributed by atoms with E-state index >= 15 is 0 Å². The van der Waals surface area contributed by atoms with Crippen molar-refractivity contribution in [2.75, 3.05) is 26.4 Å². The van der Waals surface area contributed by atoms with Gasteiger partial charge in [-0.2, -0.15) is 0 Å². The van der Waals surface area contributed by atoms with Gasteiger partial charge in [0, 0.05) is 32.4 Å². The first-order chi connectivity index (χ1) is 11.0. The minimum atomic E-state index is -0.514. The molecule has 0 heterocycles. The molecule has 1 N–H and O–H groups in total. The molecule has 0 radical (unpaired) electrons. The van der Waals surface area contributed by atoms with Crippen LogP contribution in [0.2, 0.25) is 0 Å². The third kappa shape index (κ3) is 12.6. The monoisotopic (exact) mass is 331 g/mol. The van der Waals surface area contributed by atoms with Crippen LogP contribution in [0.1, 0.15) is 52.9 Å². The molecule has 0 unspecified atom stereocenters. The van der Waals surface area contributed by atoms with Crippen molar-refractivity contribution in [3.8, 4) is 0 Å². The number of hydrogen-bond donors (Lipinski definition) is 1. The van der Waals surface area contributed by atoms with Crippen LogP contribution < -0.4 is 5.32 Å². The van der Waals surface area contributed by atoms with Crippen molar-refractivity contribution in [2.45, 2.75) is 59.0 Å². The second-order valence-electron chi connectivity index (χ2n) is 5.02. The second kappa shape index (κ2) is 14.0. The predicted octanol–water partition coefficient (Wildman–Crippen LogP) is 1.58. The molecular formula is C16H29NO6. The number of esters is 2. The Bertz CT molecular complexity index is 338. The number of amides is 1. The summed E-state index contributed by atoms with van der Waals surface area (Å²) in [4.78, 5) is 33.8. The van der Waals surface area contributed by atoms with Gasteiger partial charge in [0.25, 0.3) is 0 Å². The van der Waals surface area contributed by atoms with Crippen LogP contribution in [0.25, 0.3) is 0 Å². The van der Waals surface area contributed by atoms with E-state index in [4.69, 9.17) is 14.2 Å². The van der Waals surface area contributed by atoms with Gasteiger partial charge < -0.3 is 19.5 Å². The first-order valence-electron chi connectivity index (χ1n) is 8.22. The first-order valence-corrected chi connectivity index (χ1v) is 8.22. The average molecular weight is 331 g/mol. The Labute approximate surface area is 138 Å². The van der Waals surface area contributed by atoms with Crippen LogP contribution in [0.4, 0.5) is 0 Å². The molecule has 0 fully saturated rings. The molecule has 0 bridgehead atoms. The molecule has 0 aromatic rings. The maximum Gasteiger partial charge on any atom is 0.305 e. The molecule has 134 valence electrons. The summed E-state index contributed by atoms with van der Waals surface area (Å²) in [6.07, 6.45) is 1.86. The fourth-order valence-electron chi connectivity index (χ4n) is 1.56. The first kappa shape index (κ1) is 21.4. The number of nitrogens with one attached hydrogen (secondary N) is 1. The van der Waals surface area contributed by atoms with E-state index in [9.17, 15) is 14.4 Å². The highest BCUT2D eigenvalue weighted by Gasteiger charge is 2.15. The quantitative estimate of drug-likeness (QED) is 0.407. The topological polar surface area (TPSA) is 90.9 Å². The molecule has 7 nitrogen and oxygen atoms in total. The maximum absolute atomic E-state index is 11.4. The minimum Gasteiger partial charge on any atom is -0.463 e. The van der Waals surface area contributed by atoms with Crippen LogP contribution in [0, 0.1) is 0 Å². The van der Waals surface area contributed by atoms with Crippen LogP contribution >= 0.6 is 0 Å². The SMILES string of the molecule is CCCNC(=O)CCCOC(COC(=O)CC)COC(=O)CC. The van der Waals surface area contributed by atoms with Crippen molar-refractivity contribution >= 4 is 17.8 Å². The van der Waals surface area contributed by atoms with Gasteiger partial charge in [-0.3, -0.25) is 14.4 Å². The van der Waals surface area contributed by atoms with Crippen LogP contribution in [-0.4, -0.2) is 50.3 Å². The Morgan fingerprint density at radius 3 is 2.00 bits per heavy atom. The highest BCUT2D eigenvalue weighted by molar-refractivity contribution is 5.75. The Hall–Kier alpha value is -1.63. The van der Waals surface area contributed by atoms with Gasteiger partial charge in [-0.05, 0) is 12.8 Å². The van der Waals surface area contributed by atoms with Gasteiger partial charge in [-0.15, -0.1) is 0 Å². The van der Waals surface area contributed by atoms with Crippen LogP contribution in [-0.2, 0) is 28.6 Å². The van der Waals surface area contributed by atoms with Crippen LogP contribution in [0.3, 0.4) is 0 Å². The predicted molar refractivity (Wildman–Crippen MR) is 84.8 cm³/mol. The summed E-state index contributed by atoms with van der Waals surface area (Å²) in [7, 11) is 0. The van der Waals surface area contributed by atoms with Gasteiger partial charge in [0.2, 0.25) is 5.91 Å². The summed E-state index contributed by atoms with van der Waals surface area (Å²) in [5.74, 6) is -0.680. The van der Waals surface area contributed by atoms with Gasteiger partial charge in [-0.25, -0.2) is 0 Å². The van der Waals surface area contributed by atoms with Gasteiger partial charge in [0.05, 0.1) is 0 Å². The smallest absolute Gasteiger partial charge is 0.305 e. The Balaban J connectivity index is 4.05. The summed E-state index contributed by atoms with van der Waals surface area (Å²) >= 11 is 0. The number of hydrogen-bond acceptors (Lipinski definition) is 6. The third-order valence-electron chi connectivity index (χ3n) is 2.91. The van der Waals surface area contributed by atoms with Crippen LogP contribution in [0.15, 0.2) is 0 Å². The Morgan fingerprint density at radius 2 is 1.52 bits per heavy atom. The summed E-state index contributed by atoms with van der Waals surface area (Å²) in [5.41, 5.74) is 0. The van der Waals surface area contributed by atoms with Gasteiger partial charge in [-0.1, -0.05) is 20.8 Å². The molecule has 0 aliphatic rings. The molecule has 0 atom stereocenters. The fourth-order valence-corrected chi connectivity index (χ4v) is 1.56. The fraction of sp³-hybridized carbons (Fsp3) is 0.812. The van der Waals surface area contributed by atoms with Crippen molar-refractivity contribution in [3.63, 3.8) is 0 Å². The zero-order chi connectivity index (χ0) is 17.5. The van der Waals surface area contributed by atoms with Gasteiger partial charge in [0.15, 0.2) is 0 Å². The van der Waals surface area contributed by atoms with E-state index in [-0.39, 0.29) is 43.9 Å². The summed E-state index contributed by atoms with van der Waals surface area (Å²) in [6, 6.07) is 0. The van der Waals surface area contributed by atoms with E-state index in [1.807, 2.05) is 6.92 Å². The van der Waals surface area contributed by atoms with Crippen molar-refractivity contribution in [2.24, 2.45) is 0 Å². The number of carbonyl (C=O) groups excluding carboxylic acids is 3. The summed E-state index contributed by atoms with van der Waals surface area (Å²) < 4.78 is 15.6. The van der Waals surface area contributed by atoms with E-state index in [0.29, 0.717) is 26.0 Å². The maximum atomic E-state index is 11.4. The minimum absolute atomic E-state index is 0.0122. The zero-order valence-electron chi connectivity index (χ0n) is 14.4. The van der Waals surface area contributed by atoms with Crippen LogP contribution in [0.5, 0.6) is 0 Å². The van der Waals surface area contributed by atoms with Crippen molar-refractivity contribution in [1.29, 1.82) is 0 Å². The molecule has 0 spiro atoms. The van der Waals surface area contributed by atoms with E-state index < -0.39 is 6.10 Å². The molecule has 23 heavy (non-hydrogen) atoms. The highest BCUT2D eigenvalue weighted by Crippen LogP contribution is 2.01. The second-order valence-corrected chi connectivity index (χ2v) is 5.02. The molecule has 0 aliphatic carbocycles. The van der Waals surface area contributed by atoms with E-state index in [1.54, 1.807) is 13.8 Å². The van der Waals surface area contributed by atoms with Crippen molar-refractivity contribution < 1.29 is 28.6 Å². The van der Waals surface area contributed by atoms with Crippen molar-refractivity contribution in [1.82, 2.24) is 5.32 Å². The van der Waals surface area contributed by atoms with Gasteiger partial charge >= 0.3 is 11.9 Å². The summed E-state index contributed by atoms with van der Waals surface area (Å²) in [6.45, 7) is 6.45. The van der Waals surface area contributed by atoms with E-state index in [0.717, 1.165) is 6.42 Å². The Morgan fingerprint density at radius 1 is 0.957 bits per heavy atom. The molecule has 7 heteroatoms. The van der Waals surface area contributed by atoms with E-state index in [1.165, 1.54) is 0 Å². The lowest BCUT2D eigenvalue weighted by atomic mass is 10.3. The molecule has 1 amide bonds. The lowest BCUT2D eigenvalue weighted by Gasteiger charge is -2.17.